The molecule has 0 aliphatic carbocycles. The Morgan fingerprint density at radius 2 is 2.00 bits per heavy atom. The summed E-state index contributed by atoms with van der Waals surface area (Å²) in [6, 6.07) is 11.7. The molecule has 4 heteroatoms. The molecule has 2 aromatic rings. The first-order valence-electron chi connectivity index (χ1n) is 7.36. The third-order valence-electron chi connectivity index (χ3n) is 3.43. The molecule has 112 valence electrons. The van der Waals surface area contributed by atoms with Gasteiger partial charge in [0.05, 0.1) is 11.8 Å². The molecule has 0 saturated heterocycles. The molecule has 1 aromatic heterocycles. The summed E-state index contributed by atoms with van der Waals surface area (Å²) in [5.74, 6) is 0.753. The number of hydrogen-bond acceptors (Lipinski definition) is 3. The van der Waals surface area contributed by atoms with Crippen molar-refractivity contribution in [2.24, 2.45) is 5.73 Å². The lowest BCUT2D eigenvalue weighted by atomic mass is 10.1. The average Bonchev–Trinajstić information content (AvgIpc) is 3.00. The zero-order valence-electron chi connectivity index (χ0n) is 12.4. The summed E-state index contributed by atoms with van der Waals surface area (Å²) in [5, 5.41) is 0. The number of rotatable bonds is 7. The lowest BCUT2D eigenvalue weighted by Crippen LogP contribution is -2.32. The fourth-order valence-corrected chi connectivity index (χ4v) is 2.31. The van der Waals surface area contributed by atoms with Crippen molar-refractivity contribution in [2.45, 2.75) is 26.3 Å². The predicted octanol–water partition coefficient (Wildman–Crippen LogP) is 2.83. The highest BCUT2D eigenvalue weighted by molar-refractivity contribution is 5.95. The second-order valence-electron chi connectivity index (χ2n) is 4.97. The number of furan rings is 1. The van der Waals surface area contributed by atoms with E-state index in [0.29, 0.717) is 31.6 Å². The van der Waals surface area contributed by atoms with Crippen LogP contribution in [-0.4, -0.2) is 23.9 Å². The molecule has 0 bridgehead atoms. The van der Waals surface area contributed by atoms with Crippen LogP contribution in [0, 0.1) is 0 Å². The summed E-state index contributed by atoms with van der Waals surface area (Å²) in [6.45, 7) is 3.80. The minimum Gasteiger partial charge on any atom is -0.469 e. The van der Waals surface area contributed by atoms with Crippen molar-refractivity contribution in [3.8, 4) is 0 Å². The van der Waals surface area contributed by atoms with Gasteiger partial charge in [-0.3, -0.25) is 4.79 Å². The number of aryl methyl sites for hydroxylation is 1. The molecule has 0 fully saturated rings. The van der Waals surface area contributed by atoms with Crippen LogP contribution in [-0.2, 0) is 13.0 Å². The third-order valence-corrected chi connectivity index (χ3v) is 3.43. The zero-order valence-corrected chi connectivity index (χ0v) is 12.4. The van der Waals surface area contributed by atoms with E-state index in [2.05, 4.69) is 0 Å². The number of hydrogen-bond donors (Lipinski definition) is 1. The first kappa shape index (κ1) is 15.3. The van der Waals surface area contributed by atoms with Crippen molar-refractivity contribution in [3.05, 3.63) is 59.5 Å². The number of nitrogens with zero attached hydrogens (tertiary/aromatic N) is 1. The highest BCUT2D eigenvalue weighted by Gasteiger charge is 2.20. The maximum absolute atomic E-state index is 12.7. The maximum atomic E-state index is 12.7. The van der Waals surface area contributed by atoms with Crippen molar-refractivity contribution in [2.75, 3.05) is 13.1 Å². The smallest absolute Gasteiger partial charge is 0.257 e. The number of amides is 1. The van der Waals surface area contributed by atoms with Gasteiger partial charge in [-0.25, -0.2) is 0 Å². The molecule has 0 saturated carbocycles. The third kappa shape index (κ3) is 3.95. The Hall–Kier alpha value is -2.07. The standard InChI is InChI=1S/C17H22N2O2/c1-2-16-15(9-12-21-16)17(20)19(11-6-10-18)13-14-7-4-3-5-8-14/h3-5,7-9,12H,2,6,10-11,13,18H2,1H3. The van der Waals surface area contributed by atoms with Crippen LogP contribution in [0.3, 0.4) is 0 Å². The van der Waals surface area contributed by atoms with Gasteiger partial charge >= 0.3 is 0 Å². The van der Waals surface area contributed by atoms with Gasteiger partial charge < -0.3 is 15.1 Å². The van der Waals surface area contributed by atoms with Crippen LogP contribution in [0.5, 0.6) is 0 Å². The topological polar surface area (TPSA) is 59.5 Å². The van der Waals surface area contributed by atoms with Crippen LogP contribution in [0.2, 0.25) is 0 Å². The molecule has 1 heterocycles. The molecular formula is C17H22N2O2. The molecule has 0 atom stereocenters. The Morgan fingerprint density at radius 3 is 2.67 bits per heavy atom. The van der Waals surface area contributed by atoms with Crippen LogP contribution >= 0.6 is 0 Å². The van der Waals surface area contributed by atoms with Crippen molar-refractivity contribution < 1.29 is 9.21 Å². The first-order chi connectivity index (χ1) is 10.3. The van der Waals surface area contributed by atoms with Crippen molar-refractivity contribution >= 4 is 5.91 Å². The molecule has 2 N–H and O–H groups in total. The van der Waals surface area contributed by atoms with E-state index in [9.17, 15) is 4.79 Å². The van der Waals surface area contributed by atoms with E-state index in [0.717, 1.165) is 17.7 Å². The van der Waals surface area contributed by atoms with E-state index >= 15 is 0 Å². The number of carbonyl (C=O) groups is 1. The lowest BCUT2D eigenvalue weighted by molar-refractivity contribution is 0.0740. The van der Waals surface area contributed by atoms with Gasteiger partial charge in [0.1, 0.15) is 5.76 Å². The Morgan fingerprint density at radius 1 is 1.24 bits per heavy atom. The molecule has 4 nitrogen and oxygen atoms in total. The summed E-state index contributed by atoms with van der Waals surface area (Å²) in [7, 11) is 0. The van der Waals surface area contributed by atoms with Crippen LogP contribution in [0.25, 0.3) is 0 Å². The van der Waals surface area contributed by atoms with Crippen LogP contribution in [0.1, 0.15) is 35.0 Å². The Kier molecular flexibility index (Phi) is 5.58. The maximum Gasteiger partial charge on any atom is 0.257 e. The Labute approximate surface area is 125 Å². The Balaban J connectivity index is 2.17. The second-order valence-corrected chi connectivity index (χ2v) is 4.97. The molecule has 1 amide bonds. The monoisotopic (exact) mass is 286 g/mol. The second kappa shape index (κ2) is 7.64. The zero-order chi connectivity index (χ0) is 15.1. The van der Waals surface area contributed by atoms with Gasteiger partial charge in [-0.2, -0.15) is 0 Å². The number of benzene rings is 1. The molecule has 0 unspecified atom stereocenters. The van der Waals surface area contributed by atoms with Crippen molar-refractivity contribution in [3.63, 3.8) is 0 Å². The molecule has 0 aliphatic rings. The summed E-state index contributed by atoms with van der Waals surface area (Å²) < 4.78 is 5.37. The van der Waals surface area contributed by atoms with E-state index in [1.807, 2.05) is 42.2 Å². The Bertz CT molecular complexity index is 563. The lowest BCUT2D eigenvalue weighted by Gasteiger charge is -2.22. The SMILES string of the molecule is CCc1occc1C(=O)N(CCCN)Cc1ccccc1. The van der Waals surface area contributed by atoms with Gasteiger partial charge in [-0.1, -0.05) is 37.3 Å². The molecule has 0 spiro atoms. The minimum absolute atomic E-state index is 0.0119. The van der Waals surface area contributed by atoms with Gasteiger partial charge in [0.2, 0.25) is 0 Å². The van der Waals surface area contributed by atoms with Gasteiger partial charge in [0.15, 0.2) is 0 Å². The van der Waals surface area contributed by atoms with Crippen LogP contribution in [0.4, 0.5) is 0 Å². The molecule has 0 aliphatic heterocycles. The molecular weight excluding hydrogens is 264 g/mol. The van der Waals surface area contributed by atoms with E-state index in [1.165, 1.54) is 0 Å². The fraction of sp³-hybridized carbons (Fsp3) is 0.353. The first-order valence-corrected chi connectivity index (χ1v) is 7.36. The fourth-order valence-electron chi connectivity index (χ4n) is 2.31. The van der Waals surface area contributed by atoms with E-state index in [1.54, 1.807) is 12.3 Å². The molecule has 0 radical (unpaired) electrons. The minimum atomic E-state index is 0.0119. The van der Waals surface area contributed by atoms with Crippen LogP contribution < -0.4 is 5.73 Å². The summed E-state index contributed by atoms with van der Waals surface area (Å²) in [6.07, 6.45) is 3.08. The molecule has 1 aromatic carbocycles. The predicted molar refractivity (Wildman–Crippen MR) is 82.9 cm³/mol. The number of nitrogens with two attached hydrogens (primary N) is 1. The highest BCUT2D eigenvalue weighted by atomic mass is 16.3. The van der Waals surface area contributed by atoms with Gasteiger partial charge in [-0.05, 0) is 24.6 Å². The quantitative estimate of drug-likeness (QED) is 0.851. The van der Waals surface area contributed by atoms with Gasteiger partial charge in [0.25, 0.3) is 5.91 Å². The van der Waals surface area contributed by atoms with Crippen molar-refractivity contribution in [1.29, 1.82) is 0 Å². The van der Waals surface area contributed by atoms with E-state index < -0.39 is 0 Å². The van der Waals surface area contributed by atoms with Crippen molar-refractivity contribution in [1.82, 2.24) is 4.90 Å². The van der Waals surface area contributed by atoms with Gasteiger partial charge in [0, 0.05) is 19.5 Å². The van der Waals surface area contributed by atoms with Gasteiger partial charge in [-0.15, -0.1) is 0 Å². The largest absolute Gasteiger partial charge is 0.469 e. The molecule has 21 heavy (non-hydrogen) atoms. The van der Waals surface area contributed by atoms with E-state index in [-0.39, 0.29) is 5.91 Å². The number of carbonyl (C=O) groups excluding carboxylic acids is 1. The summed E-state index contributed by atoms with van der Waals surface area (Å²) in [4.78, 5) is 14.6. The highest BCUT2D eigenvalue weighted by Crippen LogP contribution is 2.16. The average molecular weight is 286 g/mol. The molecule has 2 rings (SSSR count). The summed E-state index contributed by atoms with van der Waals surface area (Å²) in [5.41, 5.74) is 7.36. The normalized spacial score (nSPS) is 10.6. The van der Waals surface area contributed by atoms with Crippen LogP contribution in [0.15, 0.2) is 47.1 Å². The van der Waals surface area contributed by atoms with E-state index in [4.69, 9.17) is 10.2 Å². The summed E-state index contributed by atoms with van der Waals surface area (Å²) >= 11 is 0.